The number of hydrogen-bond acceptors (Lipinski definition) is 6. The number of ether oxygens (including phenoxy) is 4. The first-order chi connectivity index (χ1) is 13.4. The number of carbonyl (C=O) groups excluding carboxylic acids is 1. The van der Waals surface area contributed by atoms with E-state index in [-0.39, 0.29) is 11.7 Å². The molecule has 0 aliphatic carbocycles. The summed E-state index contributed by atoms with van der Waals surface area (Å²) in [4.78, 5) is 13.4. The minimum absolute atomic E-state index is 0.0297. The van der Waals surface area contributed by atoms with Crippen LogP contribution in [0.2, 0.25) is 0 Å². The maximum atomic E-state index is 13.4. The van der Waals surface area contributed by atoms with Crippen LogP contribution in [-0.2, 0) is 0 Å². The summed E-state index contributed by atoms with van der Waals surface area (Å²) in [6.45, 7) is 3.92. The van der Waals surface area contributed by atoms with Crippen LogP contribution in [0.4, 0.5) is 5.69 Å². The van der Waals surface area contributed by atoms with Gasteiger partial charge in [0.15, 0.2) is 17.3 Å². The number of carbonyl (C=O) groups is 1. The zero-order valence-electron chi connectivity index (χ0n) is 17.2. The van der Waals surface area contributed by atoms with Crippen LogP contribution in [0.25, 0.3) is 6.08 Å². The fourth-order valence-electron chi connectivity index (χ4n) is 2.87. The van der Waals surface area contributed by atoms with Crippen LogP contribution in [0.1, 0.15) is 29.8 Å². The summed E-state index contributed by atoms with van der Waals surface area (Å²) in [7, 11) is 6.12. The molecule has 0 spiro atoms. The van der Waals surface area contributed by atoms with E-state index in [9.17, 15) is 4.79 Å². The number of nitrogen functional groups attached to an aromatic ring is 1. The predicted octanol–water partition coefficient (Wildman–Crippen LogP) is 4.23. The molecule has 2 aromatic rings. The van der Waals surface area contributed by atoms with Gasteiger partial charge in [-0.3, -0.25) is 4.79 Å². The topological polar surface area (TPSA) is 80.0 Å². The lowest BCUT2D eigenvalue weighted by molar-refractivity contribution is 0.102. The maximum absolute atomic E-state index is 13.4. The standard InChI is InChI=1S/C22H27NO5/c1-13(2)16(9-14-7-8-18(23)19(10-14)26-4)21(24)17-11-15(25-3)12-20(27-5)22(17)28-6/h7-13H,23H2,1-6H3. The van der Waals surface area contributed by atoms with Crippen molar-refractivity contribution in [2.75, 3.05) is 34.2 Å². The Morgan fingerprint density at radius 2 is 1.61 bits per heavy atom. The summed E-state index contributed by atoms with van der Waals surface area (Å²) in [5, 5.41) is 0. The van der Waals surface area contributed by atoms with Crippen molar-refractivity contribution in [3.05, 3.63) is 47.0 Å². The summed E-state index contributed by atoms with van der Waals surface area (Å²) in [6.07, 6.45) is 1.83. The van der Waals surface area contributed by atoms with E-state index in [1.54, 1.807) is 31.4 Å². The molecule has 0 saturated carbocycles. The van der Waals surface area contributed by atoms with Crippen molar-refractivity contribution in [2.45, 2.75) is 13.8 Å². The highest BCUT2D eigenvalue weighted by atomic mass is 16.5. The van der Waals surface area contributed by atoms with E-state index in [0.717, 1.165) is 5.56 Å². The molecule has 0 amide bonds. The molecule has 0 atom stereocenters. The molecule has 0 bridgehead atoms. The van der Waals surface area contributed by atoms with Crippen molar-refractivity contribution in [3.8, 4) is 23.0 Å². The molecule has 2 N–H and O–H groups in total. The van der Waals surface area contributed by atoms with Crippen LogP contribution in [0.3, 0.4) is 0 Å². The zero-order valence-corrected chi connectivity index (χ0v) is 17.2. The fourth-order valence-corrected chi connectivity index (χ4v) is 2.87. The molecule has 6 heteroatoms. The molecular weight excluding hydrogens is 358 g/mol. The second-order valence-electron chi connectivity index (χ2n) is 6.50. The molecule has 2 rings (SSSR count). The van der Waals surface area contributed by atoms with Crippen molar-refractivity contribution in [3.63, 3.8) is 0 Å². The summed E-state index contributed by atoms with van der Waals surface area (Å²) >= 11 is 0. The van der Waals surface area contributed by atoms with E-state index in [1.807, 2.05) is 26.0 Å². The Morgan fingerprint density at radius 1 is 0.929 bits per heavy atom. The molecule has 0 saturated heterocycles. The Bertz CT molecular complexity index is 887. The van der Waals surface area contributed by atoms with Crippen LogP contribution in [0.15, 0.2) is 35.9 Å². The van der Waals surface area contributed by atoms with E-state index in [2.05, 4.69) is 0 Å². The summed E-state index contributed by atoms with van der Waals surface area (Å²) < 4.78 is 21.4. The van der Waals surface area contributed by atoms with Gasteiger partial charge in [-0.15, -0.1) is 0 Å². The lowest BCUT2D eigenvalue weighted by Crippen LogP contribution is -2.11. The molecular formula is C22H27NO5. The molecule has 0 radical (unpaired) electrons. The Hall–Kier alpha value is -3.15. The van der Waals surface area contributed by atoms with Crippen LogP contribution in [0, 0.1) is 5.92 Å². The Morgan fingerprint density at radius 3 is 2.14 bits per heavy atom. The maximum Gasteiger partial charge on any atom is 0.193 e. The Labute approximate surface area is 165 Å². The molecule has 6 nitrogen and oxygen atoms in total. The molecule has 0 aliphatic rings. The minimum atomic E-state index is -0.167. The first kappa shape index (κ1) is 21.2. The number of hydrogen-bond donors (Lipinski definition) is 1. The molecule has 0 aromatic heterocycles. The molecule has 150 valence electrons. The van der Waals surface area contributed by atoms with Gasteiger partial charge in [0.25, 0.3) is 0 Å². The Kier molecular flexibility index (Phi) is 6.93. The van der Waals surface area contributed by atoms with Crippen molar-refractivity contribution < 1.29 is 23.7 Å². The molecule has 2 aromatic carbocycles. The summed E-state index contributed by atoms with van der Waals surface area (Å²) in [6, 6.07) is 8.73. The molecule has 28 heavy (non-hydrogen) atoms. The first-order valence-electron chi connectivity index (χ1n) is 8.86. The van der Waals surface area contributed by atoms with E-state index < -0.39 is 0 Å². The lowest BCUT2D eigenvalue weighted by Gasteiger charge is -2.17. The number of nitrogens with two attached hydrogens (primary N) is 1. The smallest absolute Gasteiger partial charge is 0.193 e. The fraction of sp³-hybridized carbons (Fsp3) is 0.318. The largest absolute Gasteiger partial charge is 0.497 e. The lowest BCUT2D eigenvalue weighted by atomic mass is 9.91. The van der Waals surface area contributed by atoms with Crippen LogP contribution in [-0.4, -0.2) is 34.2 Å². The predicted molar refractivity (Wildman–Crippen MR) is 111 cm³/mol. The number of allylic oxidation sites excluding steroid dienone is 1. The summed E-state index contributed by atoms with van der Waals surface area (Å²) in [5.74, 6) is 1.68. The average molecular weight is 385 g/mol. The normalized spacial score (nSPS) is 11.3. The number of benzene rings is 2. The average Bonchev–Trinajstić information content (AvgIpc) is 2.71. The van der Waals surface area contributed by atoms with Crippen molar-refractivity contribution in [2.24, 2.45) is 5.92 Å². The van der Waals surface area contributed by atoms with Crippen molar-refractivity contribution >= 4 is 17.5 Å². The monoisotopic (exact) mass is 385 g/mol. The third kappa shape index (κ3) is 4.39. The highest BCUT2D eigenvalue weighted by molar-refractivity contribution is 6.13. The quantitative estimate of drug-likeness (QED) is 0.416. The second kappa shape index (κ2) is 9.17. The van der Waals surface area contributed by atoms with Gasteiger partial charge in [0, 0.05) is 11.6 Å². The van der Waals surface area contributed by atoms with Gasteiger partial charge in [0.05, 0.1) is 39.7 Å². The number of Topliss-reactive ketones (excluding diaryl/α,β-unsaturated/α-hetero) is 1. The SMILES string of the molecule is COc1cc(OC)c(OC)c(C(=O)C(=Cc2ccc(N)c(OC)c2)C(C)C)c1. The molecule has 0 heterocycles. The molecule has 0 aliphatic heterocycles. The van der Waals surface area contributed by atoms with Gasteiger partial charge in [-0.05, 0) is 35.8 Å². The van der Waals surface area contributed by atoms with E-state index in [0.29, 0.717) is 39.8 Å². The summed E-state index contributed by atoms with van der Waals surface area (Å²) in [5.41, 5.74) is 8.23. The minimum Gasteiger partial charge on any atom is -0.497 e. The van der Waals surface area contributed by atoms with Crippen molar-refractivity contribution in [1.29, 1.82) is 0 Å². The van der Waals surface area contributed by atoms with Gasteiger partial charge in [-0.25, -0.2) is 0 Å². The van der Waals surface area contributed by atoms with Crippen LogP contribution < -0.4 is 24.7 Å². The second-order valence-corrected chi connectivity index (χ2v) is 6.50. The van der Waals surface area contributed by atoms with Crippen molar-refractivity contribution in [1.82, 2.24) is 0 Å². The van der Waals surface area contributed by atoms with E-state index in [4.69, 9.17) is 24.7 Å². The van der Waals surface area contributed by atoms with Gasteiger partial charge >= 0.3 is 0 Å². The van der Waals surface area contributed by atoms with Gasteiger partial charge in [0.1, 0.15) is 11.5 Å². The Balaban J connectivity index is 2.60. The van der Waals surface area contributed by atoms with Gasteiger partial charge in [-0.2, -0.15) is 0 Å². The first-order valence-corrected chi connectivity index (χ1v) is 8.86. The van der Waals surface area contributed by atoms with Gasteiger partial charge in [-0.1, -0.05) is 19.9 Å². The molecule has 0 unspecified atom stereocenters. The van der Waals surface area contributed by atoms with Gasteiger partial charge < -0.3 is 24.7 Å². The van der Waals surface area contributed by atoms with E-state index in [1.165, 1.54) is 21.3 Å². The highest BCUT2D eigenvalue weighted by Gasteiger charge is 2.23. The van der Waals surface area contributed by atoms with Crippen LogP contribution >= 0.6 is 0 Å². The number of rotatable bonds is 8. The highest BCUT2D eigenvalue weighted by Crippen LogP contribution is 2.38. The van der Waals surface area contributed by atoms with E-state index >= 15 is 0 Å². The zero-order chi connectivity index (χ0) is 20.8. The van der Waals surface area contributed by atoms with Gasteiger partial charge in [0.2, 0.25) is 0 Å². The van der Waals surface area contributed by atoms with Crippen LogP contribution in [0.5, 0.6) is 23.0 Å². The third-order valence-corrected chi connectivity index (χ3v) is 4.40. The third-order valence-electron chi connectivity index (χ3n) is 4.40. The number of methoxy groups -OCH3 is 4. The molecule has 0 fully saturated rings. The number of ketones is 1. The number of anilines is 1.